The molecule has 42 heavy (non-hydrogen) atoms. The van der Waals surface area contributed by atoms with Crippen molar-refractivity contribution in [3.8, 4) is 0 Å². The number of hydrogen-bond donors (Lipinski definition) is 0. The van der Waals surface area contributed by atoms with Crippen LogP contribution in [0.25, 0.3) is 5.57 Å². The molecule has 2 aliphatic rings. The third-order valence-corrected chi connectivity index (χ3v) is 6.95. The van der Waals surface area contributed by atoms with Crippen LogP contribution in [0, 0.1) is 27.7 Å². The summed E-state index contributed by atoms with van der Waals surface area (Å²) in [6, 6.07) is 4.10. The van der Waals surface area contributed by atoms with Gasteiger partial charge in [-0.1, -0.05) is 6.08 Å². The van der Waals surface area contributed by atoms with E-state index in [9.17, 15) is 9.59 Å². The highest BCUT2D eigenvalue weighted by Gasteiger charge is 2.29. The smallest absolute Gasteiger partial charge is 0.410 e. The SMILES string of the molecule is Cc1cc(C)c(C2=CCN(C(=O)OC(C)(C)C)CC2)nn1.Cc1cc(C)c(C2CCN(C(=O)OC(C)(C)C)CC2)nn1. The number of hydrogen-bond acceptors (Lipinski definition) is 8. The Labute approximate surface area is 250 Å². The van der Waals surface area contributed by atoms with Crippen molar-refractivity contribution in [1.29, 1.82) is 0 Å². The molecule has 4 heterocycles. The molecule has 2 aromatic rings. The molecule has 4 rings (SSSR count). The van der Waals surface area contributed by atoms with Crippen molar-refractivity contribution in [2.45, 2.75) is 106 Å². The number of aromatic nitrogens is 4. The number of likely N-dealkylation sites (tertiary alicyclic amines) is 1. The highest BCUT2D eigenvalue weighted by Crippen LogP contribution is 2.29. The lowest BCUT2D eigenvalue weighted by Gasteiger charge is -2.33. The van der Waals surface area contributed by atoms with Crippen molar-refractivity contribution in [2.75, 3.05) is 26.2 Å². The number of amides is 2. The van der Waals surface area contributed by atoms with E-state index >= 15 is 0 Å². The zero-order valence-electron chi connectivity index (χ0n) is 27.1. The van der Waals surface area contributed by atoms with Crippen LogP contribution in [0.1, 0.15) is 101 Å². The van der Waals surface area contributed by atoms with Crippen LogP contribution in [0.15, 0.2) is 18.2 Å². The monoisotopic (exact) mass is 580 g/mol. The lowest BCUT2D eigenvalue weighted by Crippen LogP contribution is -2.41. The second kappa shape index (κ2) is 13.6. The van der Waals surface area contributed by atoms with Gasteiger partial charge in [0.15, 0.2) is 0 Å². The summed E-state index contributed by atoms with van der Waals surface area (Å²) in [5, 5.41) is 16.9. The fourth-order valence-corrected chi connectivity index (χ4v) is 5.01. The van der Waals surface area contributed by atoms with Crippen molar-refractivity contribution < 1.29 is 19.1 Å². The Kier molecular flexibility index (Phi) is 10.7. The average molecular weight is 581 g/mol. The van der Waals surface area contributed by atoms with E-state index in [1.807, 2.05) is 74.5 Å². The van der Waals surface area contributed by atoms with Gasteiger partial charge < -0.3 is 19.3 Å². The van der Waals surface area contributed by atoms with E-state index in [2.05, 4.69) is 33.4 Å². The van der Waals surface area contributed by atoms with Crippen LogP contribution in [0.2, 0.25) is 0 Å². The first-order chi connectivity index (χ1) is 19.5. The molecule has 1 fully saturated rings. The van der Waals surface area contributed by atoms with Crippen molar-refractivity contribution in [1.82, 2.24) is 30.2 Å². The molecule has 1 saturated heterocycles. The zero-order chi connectivity index (χ0) is 31.2. The van der Waals surface area contributed by atoms with Gasteiger partial charge in [-0.3, -0.25) is 0 Å². The lowest BCUT2D eigenvalue weighted by molar-refractivity contribution is 0.0202. The fraction of sp³-hybridized carbons (Fsp3) is 0.625. The molecule has 0 unspecified atom stereocenters. The van der Waals surface area contributed by atoms with E-state index in [0.29, 0.717) is 32.1 Å². The highest BCUT2D eigenvalue weighted by molar-refractivity contribution is 5.72. The Morgan fingerprint density at radius 1 is 0.738 bits per heavy atom. The maximum Gasteiger partial charge on any atom is 0.410 e. The molecule has 0 saturated carbocycles. The van der Waals surface area contributed by atoms with Gasteiger partial charge in [-0.15, -0.1) is 0 Å². The molecule has 0 N–H and O–H groups in total. The maximum atomic E-state index is 12.0. The molecule has 10 nitrogen and oxygen atoms in total. The first kappa shape index (κ1) is 32.9. The molecule has 2 aliphatic heterocycles. The fourth-order valence-electron chi connectivity index (χ4n) is 5.01. The van der Waals surface area contributed by atoms with E-state index in [0.717, 1.165) is 53.2 Å². The van der Waals surface area contributed by atoms with E-state index in [-0.39, 0.29) is 12.2 Å². The second-order valence-corrected chi connectivity index (χ2v) is 13.2. The van der Waals surface area contributed by atoms with Gasteiger partial charge in [-0.2, -0.15) is 20.4 Å². The van der Waals surface area contributed by atoms with Crippen molar-refractivity contribution in [3.63, 3.8) is 0 Å². The van der Waals surface area contributed by atoms with Crippen LogP contribution in [0.4, 0.5) is 9.59 Å². The maximum absolute atomic E-state index is 12.0. The Morgan fingerprint density at radius 2 is 1.26 bits per heavy atom. The van der Waals surface area contributed by atoms with Gasteiger partial charge in [-0.25, -0.2) is 9.59 Å². The Hall–Kier alpha value is -3.56. The normalized spacial score (nSPS) is 16.3. The quantitative estimate of drug-likeness (QED) is 0.405. The first-order valence-electron chi connectivity index (χ1n) is 14.8. The summed E-state index contributed by atoms with van der Waals surface area (Å²) in [4.78, 5) is 27.6. The lowest BCUT2D eigenvalue weighted by atomic mass is 9.91. The number of ether oxygens (including phenoxy) is 2. The Balaban J connectivity index is 0.000000230. The van der Waals surface area contributed by atoms with E-state index < -0.39 is 11.2 Å². The molecule has 0 spiro atoms. The van der Waals surface area contributed by atoms with Gasteiger partial charge in [-0.05, 0) is 117 Å². The van der Waals surface area contributed by atoms with Gasteiger partial charge in [0, 0.05) is 32.1 Å². The molecule has 10 heteroatoms. The number of piperidine rings is 1. The van der Waals surface area contributed by atoms with Crippen LogP contribution >= 0.6 is 0 Å². The molecular weight excluding hydrogens is 532 g/mol. The second-order valence-electron chi connectivity index (χ2n) is 13.2. The summed E-state index contributed by atoms with van der Waals surface area (Å²) >= 11 is 0. The van der Waals surface area contributed by atoms with E-state index in [1.54, 1.807) is 9.80 Å². The van der Waals surface area contributed by atoms with Crippen molar-refractivity contribution in [2.24, 2.45) is 0 Å². The van der Waals surface area contributed by atoms with Gasteiger partial charge in [0.25, 0.3) is 0 Å². The van der Waals surface area contributed by atoms with E-state index in [4.69, 9.17) is 9.47 Å². The topological polar surface area (TPSA) is 111 Å². The Bertz CT molecular complexity index is 1290. The predicted octanol–water partition coefficient (Wildman–Crippen LogP) is 6.33. The van der Waals surface area contributed by atoms with Crippen LogP contribution in [0.3, 0.4) is 0 Å². The van der Waals surface area contributed by atoms with E-state index in [1.165, 1.54) is 5.56 Å². The number of nitrogens with zero attached hydrogens (tertiary/aromatic N) is 6. The van der Waals surface area contributed by atoms with Crippen LogP contribution in [0.5, 0.6) is 0 Å². The third-order valence-electron chi connectivity index (χ3n) is 6.95. The summed E-state index contributed by atoms with van der Waals surface area (Å²) in [7, 11) is 0. The molecule has 0 radical (unpaired) electrons. The third kappa shape index (κ3) is 9.77. The number of aryl methyl sites for hydroxylation is 4. The van der Waals surface area contributed by atoms with Gasteiger partial charge in [0.2, 0.25) is 0 Å². The Morgan fingerprint density at radius 3 is 1.74 bits per heavy atom. The van der Waals surface area contributed by atoms with Gasteiger partial charge in [0.1, 0.15) is 11.2 Å². The van der Waals surface area contributed by atoms with Crippen LogP contribution in [-0.4, -0.2) is 79.8 Å². The first-order valence-corrected chi connectivity index (χ1v) is 14.8. The van der Waals surface area contributed by atoms with Gasteiger partial charge in [0.05, 0.1) is 22.8 Å². The summed E-state index contributed by atoms with van der Waals surface area (Å²) in [5.41, 5.74) is 6.45. The number of carbonyl (C=O) groups is 2. The molecular formula is C32H48N6O4. The van der Waals surface area contributed by atoms with Gasteiger partial charge >= 0.3 is 12.2 Å². The average Bonchev–Trinajstić information content (AvgIpc) is 2.87. The molecule has 2 amide bonds. The molecule has 0 atom stereocenters. The van der Waals surface area contributed by atoms with Crippen molar-refractivity contribution >= 4 is 17.8 Å². The molecule has 0 aromatic carbocycles. The standard InChI is InChI=1S/C16H25N3O2.C16H23N3O2/c2*1-11-10-12(2)17-18-14(11)13-6-8-19(9-7-13)15(20)21-16(3,4)5/h10,13H,6-9H2,1-5H3;6,10H,7-9H2,1-5H3. The summed E-state index contributed by atoms with van der Waals surface area (Å²) < 4.78 is 10.8. The largest absolute Gasteiger partial charge is 0.444 e. The minimum absolute atomic E-state index is 0.215. The predicted molar refractivity (Wildman–Crippen MR) is 163 cm³/mol. The molecule has 2 aromatic heterocycles. The zero-order valence-corrected chi connectivity index (χ0v) is 27.1. The highest BCUT2D eigenvalue weighted by atomic mass is 16.6. The summed E-state index contributed by atoms with van der Waals surface area (Å²) in [6.07, 6.45) is 4.17. The minimum Gasteiger partial charge on any atom is -0.444 e. The van der Waals surface area contributed by atoms with Crippen LogP contribution < -0.4 is 0 Å². The molecule has 0 aliphatic carbocycles. The summed E-state index contributed by atoms with van der Waals surface area (Å²) in [5.74, 6) is 0.386. The molecule has 230 valence electrons. The number of rotatable bonds is 2. The van der Waals surface area contributed by atoms with Crippen LogP contribution in [-0.2, 0) is 9.47 Å². The number of carbonyl (C=O) groups excluding carboxylic acids is 2. The van der Waals surface area contributed by atoms with Crippen molar-refractivity contribution in [3.05, 3.63) is 52.1 Å². The molecule has 0 bridgehead atoms. The minimum atomic E-state index is -0.458. The summed E-state index contributed by atoms with van der Waals surface area (Å²) in [6.45, 7) is 21.9.